The molecule has 2 rings (SSSR count). The molecular formula is C18H21FN2O3S. The van der Waals surface area contributed by atoms with Gasteiger partial charge in [-0.3, -0.25) is 4.79 Å². The Hall–Kier alpha value is -2.25. The molecule has 0 radical (unpaired) electrons. The SMILES string of the molecule is CC(C)CNS(=O)(=O)c1ccc(C(=O)NCc2ccc(F)cc2)cc1. The second-order valence-electron chi connectivity index (χ2n) is 6.08. The van der Waals surface area contributed by atoms with Crippen molar-refractivity contribution in [3.8, 4) is 0 Å². The van der Waals surface area contributed by atoms with Crippen LogP contribution < -0.4 is 10.0 Å². The van der Waals surface area contributed by atoms with E-state index in [2.05, 4.69) is 10.0 Å². The highest BCUT2D eigenvalue weighted by Crippen LogP contribution is 2.11. The Balaban J connectivity index is 1.98. The van der Waals surface area contributed by atoms with Crippen molar-refractivity contribution in [2.24, 2.45) is 5.92 Å². The molecule has 134 valence electrons. The van der Waals surface area contributed by atoms with Gasteiger partial charge in [0.1, 0.15) is 5.82 Å². The summed E-state index contributed by atoms with van der Waals surface area (Å²) in [6.07, 6.45) is 0. The van der Waals surface area contributed by atoms with E-state index in [1.165, 1.54) is 36.4 Å². The van der Waals surface area contributed by atoms with Gasteiger partial charge in [0.05, 0.1) is 4.90 Å². The second kappa shape index (κ2) is 8.22. The van der Waals surface area contributed by atoms with Crippen molar-refractivity contribution in [2.45, 2.75) is 25.3 Å². The maximum absolute atomic E-state index is 12.8. The zero-order chi connectivity index (χ0) is 18.4. The van der Waals surface area contributed by atoms with E-state index in [0.29, 0.717) is 12.1 Å². The van der Waals surface area contributed by atoms with Gasteiger partial charge < -0.3 is 5.32 Å². The smallest absolute Gasteiger partial charge is 0.251 e. The van der Waals surface area contributed by atoms with Gasteiger partial charge in [0.25, 0.3) is 5.91 Å². The minimum Gasteiger partial charge on any atom is -0.348 e. The molecule has 0 fully saturated rings. The number of rotatable bonds is 7. The quantitative estimate of drug-likeness (QED) is 0.793. The van der Waals surface area contributed by atoms with E-state index in [1.807, 2.05) is 13.8 Å². The molecule has 2 aromatic rings. The first kappa shape index (κ1) is 19.1. The topological polar surface area (TPSA) is 75.3 Å². The molecule has 1 amide bonds. The third-order valence-corrected chi connectivity index (χ3v) is 4.91. The summed E-state index contributed by atoms with van der Waals surface area (Å²) in [7, 11) is -3.57. The lowest BCUT2D eigenvalue weighted by atomic mass is 10.2. The molecule has 5 nitrogen and oxygen atoms in total. The molecule has 7 heteroatoms. The van der Waals surface area contributed by atoms with Gasteiger partial charge >= 0.3 is 0 Å². The standard InChI is InChI=1S/C18H21FN2O3S/c1-13(2)11-21-25(23,24)17-9-5-15(6-10-17)18(22)20-12-14-3-7-16(19)8-4-14/h3-10,13,21H,11-12H2,1-2H3,(H,20,22). The van der Waals surface area contributed by atoms with Gasteiger partial charge in [0, 0.05) is 18.7 Å². The average molecular weight is 364 g/mol. The number of carbonyl (C=O) groups is 1. The molecule has 2 aromatic carbocycles. The molecule has 0 saturated heterocycles. The van der Waals surface area contributed by atoms with Crippen LogP contribution in [0.2, 0.25) is 0 Å². The number of amides is 1. The third-order valence-electron chi connectivity index (χ3n) is 3.47. The lowest BCUT2D eigenvalue weighted by molar-refractivity contribution is 0.0951. The maximum Gasteiger partial charge on any atom is 0.251 e. The summed E-state index contributed by atoms with van der Waals surface area (Å²) in [5.41, 5.74) is 1.12. The molecule has 0 unspecified atom stereocenters. The Morgan fingerprint density at radius 2 is 1.64 bits per heavy atom. The van der Waals surface area contributed by atoms with Gasteiger partial charge in [0.2, 0.25) is 10.0 Å². The number of sulfonamides is 1. The van der Waals surface area contributed by atoms with E-state index >= 15 is 0 Å². The lowest BCUT2D eigenvalue weighted by Crippen LogP contribution is -2.27. The van der Waals surface area contributed by atoms with Gasteiger partial charge in [0.15, 0.2) is 0 Å². The van der Waals surface area contributed by atoms with Crippen LogP contribution in [0.3, 0.4) is 0 Å². The first-order chi connectivity index (χ1) is 11.8. The monoisotopic (exact) mass is 364 g/mol. The number of nitrogens with one attached hydrogen (secondary N) is 2. The van der Waals surface area contributed by atoms with Crippen molar-refractivity contribution < 1.29 is 17.6 Å². The number of hydrogen-bond acceptors (Lipinski definition) is 3. The summed E-state index contributed by atoms with van der Waals surface area (Å²) in [6, 6.07) is 11.5. The number of halogens is 1. The maximum atomic E-state index is 12.8. The molecule has 0 bridgehead atoms. The second-order valence-corrected chi connectivity index (χ2v) is 7.85. The summed E-state index contributed by atoms with van der Waals surface area (Å²) >= 11 is 0. The van der Waals surface area contributed by atoms with E-state index < -0.39 is 10.0 Å². The van der Waals surface area contributed by atoms with Crippen LogP contribution in [0, 0.1) is 11.7 Å². The largest absolute Gasteiger partial charge is 0.348 e. The first-order valence-electron chi connectivity index (χ1n) is 7.90. The summed E-state index contributed by atoms with van der Waals surface area (Å²) < 4.78 is 39.6. The van der Waals surface area contributed by atoms with Crippen LogP contribution in [0.25, 0.3) is 0 Å². The predicted octanol–water partition coefficient (Wildman–Crippen LogP) is 2.69. The number of benzene rings is 2. The van der Waals surface area contributed by atoms with Crippen molar-refractivity contribution >= 4 is 15.9 Å². The van der Waals surface area contributed by atoms with Crippen LogP contribution in [0.4, 0.5) is 4.39 Å². The minimum absolute atomic E-state index is 0.114. The molecule has 0 atom stereocenters. The lowest BCUT2D eigenvalue weighted by Gasteiger charge is -2.10. The van der Waals surface area contributed by atoms with Gasteiger partial charge in [-0.15, -0.1) is 0 Å². The van der Waals surface area contributed by atoms with Crippen molar-refractivity contribution in [3.05, 3.63) is 65.5 Å². The highest BCUT2D eigenvalue weighted by atomic mass is 32.2. The van der Waals surface area contributed by atoms with Crippen molar-refractivity contribution in [1.29, 1.82) is 0 Å². The van der Waals surface area contributed by atoms with Gasteiger partial charge in [-0.1, -0.05) is 26.0 Å². The fraction of sp³-hybridized carbons (Fsp3) is 0.278. The normalized spacial score (nSPS) is 11.5. The average Bonchev–Trinajstić information content (AvgIpc) is 2.59. The minimum atomic E-state index is -3.57. The summed E-state index contributed by atoms with van der Waals surface area (Å²) in [4.78, 5) is 12.2. The zero-order valence-corrected chi connectivity index (χ0v) is 14.9. The summed E-state index contributed by atoms with van der Waals surface area (Å²) in [5, 5.41) is 2.71. The van der Waals surface area contributed by atoms with Crippen LogP contribution >= 0.6 is 0 Å². The molecule has 0 aliphatic rings. The van der Waals surface area contributed by atoms with Gasteiger partial charge in [-0.05, 0) is 47.9 Å². The van der Waals surface area contributed by atoms with E-state index in [9.17, 15) is 17.6 Å². The molecule has 0 spiro atoms. The highest BCUT2D eigenvalue weighted by Gasteiger charge is 2.15. The summed E-state index contributed by atoms with van der Waals surface area (Å²) in [5.74, 6) is -0.465. The zero-order valence-electron chi connectivity index (χ0n) is 14.1. The van der Waals surface area contributed by atoms with E-state index in [0.717, 1.165) is 5.56 Å². The van der Waals surface area contributed by atoms with Crippen LogP contribution in [-0.4, -0.2) is 20.9 Å². The molecule has 25 heavy (non-hydrogen) atoms. The van der Waals surface area contributed by atoms with Crippen LogP contribution in [-0.2, 0) is 16.6 Å². The number of carbonyl (C=O) groups excluding carboxylic acids is 1. The Labute approximate surface area is 147 Å². The van der Waals surface area contributed by atoms with E-state index in [4.69, 9.17) is 0 Å². The van der Waals surface area contributed by atoms with Gasteiger partial charge in [-0.25, -0.2) is 17.5 Å². The predicted molar refractivity (Wildman–Crippen MR) is 94.0 cm³/mol. The van der Waals surface area contributed by atoms with E-state index in [-0.39, 0.29) is 29.1 Å². The fourth-order valence-electron chi connectivity index (χ4n) is 2.03. The van der Waals surface area contributed by atoms with Gasteiger partial charge in [-0.2, -0.15) is 0 Å². The molecule has 0 heterocycles. The van der Waals surface area contributed by atoms with E-state index in [1.54, 1.807) is 12.1 Å². The van der Waals surface area contributed by atoms with Crippen molar-refractivity contribution in [2.75, 3.05) is 6.54 Å². The molecule has 0 saturated carbocycles. The highest BCUT2D eigenvalue weighted by molar-refractivity contribution is 7.89. The van der Waals surface area contributed by atoms with Crippen LogP contribution in [0.5, 0.6) is 0 Å². The summed E-state index contributed by atoms with van der Waals surface area (Å²) in [6.45, 7) is 4.44. The Morgan fingerprint density at radius 1 is 1.04 bits per heavy atom. The molecule has 2 N–H and O–H groups in total. The molecule has 0 aliphatic heterocycles. The Bertz CT molecular complexity index is 816. The third kappa shape index (κ3) is 5.65. The molecular weight excluding hydrogens is 343 g/mol. The molecule has 0 aliphatic carbocycles. The fourth-order valence-corrected chi connectivity index (χ4v) is 3.25. The Morgan fingerprint density at radius 3 is 2.20 bits per heavy atom. The number of hydrogen-bond donors (Lipinski definition) is 2. The van der Waals surface area contributed by atoms with Crippen molar-refractivity contribution in [3.63, 3.8) is 0 Å². The first-order valence-corrected chi connectivity index (χ1v) is 9.38. The molecule has 0 aromatic heterocycles. The van der Waals surface area contributed by atoms with Crippen LogP contribution in [0.1, 0.15) is 29.8 Å². The van der Waals surface area contributed by atoms with Crippen LogP contribution in [0.15, 0.2) is 53.4 Å². The Kier molecular flexibility index (Phi) is 6.27. The van der Waals surface area contributed by atoms with Crippen molar-refractivity contribution in [1.82, 2.24) is 10.0 Å².